The van der Waals surface area contributed by atoms with Crippen LogP contribution in [0.3, 0.4) is 0 Å². The summed E-state index contributed by atoms with van der Waals surface area (Å²) < 4.78 is 11.1. The Balaban J connectivity index is 1.73. The van der Waals surface area contributed by atoms with E-state index < -0.39 is 5.97 Å². The molecule has 0 saturated heterocycles. The van der Waals surface area contributed by atoms with Crippen molar-refractivity contribution in [1.82, 2.24) is 4.98 Å². The van der Waals surface area contributed by atoms with Gasteiger partial charge in [-0.05, 0) is 25.5 Å². The Bertz CT molecular complexity index is 612. The van der Waals surface area contributed by atoms with E-state index in [-0.39, 0.29) is 6.42 Å². The van der Waals surface area contributed by atoms with Crippen molar-refractivity contribution in [3.8, 4) is 11.5 Å². The van der Waals surface area contributed by atoms with E-state index in [1.165, 1.54) is 11.3 Å². The van der Waals surface area contributed by atoms with Crippen molar-refractivity contribution in [2.45, 2.75) is 26.2 Å². The average molecular weight is 321 g/mol. The van der Waals surface area contributed by atoms with E-state index in [9.17, 15) is 4.79 Å². The summed E-state index contributed by atoms with van der Waals surface area (Å²) in [5, 5.41) is 11.5. The quantitative estimate of drug-likeness (QED) is 0.718. The van der Waals surface area contributed by atoms with Crippen LogP contribution in [0.5, 0.6) is 11.5 Å². The fraction of sp³-hybridized carbons (Fsp3) is 0.375. The molecule has 1 heterocycles. The maximum atomic E-state index is 10.6. The second kappa shape index (κ2) is 8.38. The van der Waals surface area contributed by atoms with Crippen molar-refractivity contribution in [1.29, 1.82) is 0 Å². The van der Waals surface area contributed by atoms with Crippen LogP contribution in [0.25, 0.3) is 0 Å². The standard InChI is InChI=1S/C16H19NO4S/c1-2-20-13-5-3-6-14(10-13)21-8-4-7-15-17-12(11-22-15)9-16(18)19/h3,5-6,10-11H,2,4,7-9H2,1H3,(H,18,19). The number of aromatic nitrogens is 1. The Morgan fingerprint density at radius 1 is 1.32 bits per heavy atom. The predicted molar refractivity (Wildman–Crippen MR) is 84.9 cm³/mol. The number of aryl methyl sites for hydroxylation is 1. The number of carboxylic acid groups (broad SMARTS) is 1. The summed E-state index contributed by atoms with van der Waals surface area (Å²) in [6, 6.07) is 7.57. The van der Waals surface area contributed by atoms with E-state index in [4.69, 9.17) is 14.6 Å². The van der Waals surface area contributed by atoms with Gasteiger partial charge in [-0.25, -0.2) is 4.98 Å². The molecule has 5 nitrogen and oxygen atoms in total. The van der Waals surface area contributed by atoms with E-state index >= 15 is 0 Å². The molecule has 0 aliphatic carbocycles. The zero-order valence-electron chi connectivity index (χ0n) is 12.4. The number of carboxylic acids is 1. The number of aliphatic carboxylic acids is 1. The average Bonchev–Trinajstić information content (AvgIpc) is 2.91. The highest BCUT2D eigenvalue weighted by Gasteiger charge is 2.06. The normalized spacial score (nSPS) is 10.4. The highest BCUT2D eigenvalue weighted by atomic mass is 32.1. The molecule has 0 fully saturated rings. The van der Waals surface area contributed by atoms with Crippen LogP contribution in [0.4, 0.5) is 0 Å². The van der Waals surface area contributed by atoms with E-state index in [1.54, 1.807) is 5.38 Å². The molecule has 6 heteroatoms. The number of hydrogen-bond donors (Lipinski definition) is 1. The molecule has 1 N–H and O–H groups in total. The minimum Gasteiger partial charge on any atom is -0.494 e. The summed E-state index contributed by atoms with van der Waals surface area (Å²) in [4.78, 5) is 14.9. The topological polar surface area (TPSA) is 68.7 Å². The first-order valence-corrected chi connectivity index (χ1v) is 8.06. The molecule has 2 aromatic rings. The van der Waals surface area contributed by atoms with Crippen LogP contribution in [0, 0.1) is 0 Å². The third-order valence-electron chi connectivity index (χ3n) is 2.85. The van der Waals surface area contributed by atoms with Crippen LogP contribution in [-0.4, -0.2) is 29.3 Å². The fourth-order valence-electron chi connectivity index (χ4n) is 1.93. The molecule has 0 spiro atoms. The highest BCUT2D eigenvalue weighted by Crippen LogP contribution is 2.20. The Morgan fingerprint density at radius 3 is 2.82 bits per heavy atom. The summed E-state index contributed by atoms with van der Waals surface area (Å²) >= 11 is 1.50. The van der Waals surface area contributed by atoms with E-state index in [0.717, 1.165) is 29.3 Å². The van der Waals surface area contributed by atoms with Gasteiger partial charge in [-0.1, -0.05) is 6.07 Å². The van der Waals surface area contributed by atoms with Gasteiger partial charge in [0.2, 0.25) is 0 Å². The Morgan fingerprint density at radius 2 is 2.09 bits per heavy atom. The van der Waals surface area contributed by atoms with Gasteiger partial charge < -0.3 is 14.6 Å². The molecule has 0 saturated carbocycles. The summed E-state index contributed by atoms with van der Waals surface area (Å²) in [5.74, 6) is 0.740. The Hall–Kier alpha value is -2.08. The van der Waals surface area contributed by atoms with Gasteiger partial charge in [-0.3, -0.25) is 4.79 Å². The van der Waals surface area contributed by atoms with Crippen LogP contribution >= 0.6 is 11.3 Å². The Kier molecular flexibility index (Phi) is 6.21. The SMILES string of the molecule is CCOc1cccc(OCCCc2nc(CC(=O)O)cs2)c1. The van der Waals surface area contributed by atoms with Crippen LogP contribution in [-0.2, 0) is 17.6 Å². The lowest BCUT2D eigenvalue weighted by molar-refractivity contribution is -0.136. The molecular weight excluding hydrogens is 302 g/mol. The smallest absolute Gasteiger partial charge is 0.309 e. The number of rotatable bonds is 9. The van der Waals surface area contributed by atoms with Gasteiger partial charge in [-0.15, -0.1) is 11.3 Å². The monoisotopic (exact) mass is 321 g/mol. The van der Waals surface area contributed by atoms with Crippen molar-refractivity contribution >= 4 is 17.3 Å². The molecule has 0 bridgehead atoms. The van der Waals surface area contributed by atoms with Gasteiger partial charge in [0.15, 0.2) is 0 Å². The molecule has 1 aromatic carbocycles. The molecule has 118 valence electrons. The van der Waals surface area contributed by atoms with E-state index in [1.807, 2.05) is 31.2 Å². The predicted octanol–water partition coefficient (Wildman–Crippen LogP) is 3.18. The van der Waals surface area contributed by atoms with Gasteiger partial charge in [0.25, 0.3) is 0 Å². The molecule has 0 atom stereocenters. The molecule has 22 heavy (non-hydrogen) atoms. The zero-order chi connectivity index (χ0) is 15.8. The van der Waals surface area contributed by atoms with Crippen molar-refractivity contribution in [3.63, 3.8) is 0 Å². The molecular formula is C16H19NO4S. The van der Waals surface area contributed by atoms with Crippen LogP contribution in [0.1, 0.15) is 24.0 Å². The molecule has 1 aromatic heterocycles. The van der Waals surface area contributed by atoms with Crippen LogP contribution in [0.15, 0.2) is 29.6 Å². The maximum absolute atomic E-state index is 10.6. The van der Waals surface area contributed by atoms with Crippen molar-refractivity contribution < 1.29 is 19.4 Å². The summed E-state index contributed by atoms with van der Waals surface area (Å²) in [5.41, 5.74) is 0.623. The number of benzene rings is 1. The number of hydrogen-bond acceptors (Lipinski definition) is 5. The minimum atomic E-state index is -0.852. The first-order chi connectivity index (χ1) is 10.7. The zero-order valence-corrected chi connectivity index (χ0v) is 13.3. The number of nitrogens with zero attached hydrogens (tertiary/aromatic N) is 1. The van der Waals surface area contributed by atoms with Gasteiger partial charge in [0.05, 0.1) is 30.3 Å². The summed E-state index contributed by atoms with van der Waals surface area (Å²) in [6.45, 7) is 3.16. The summed E-state index contributed by atoms with van der Waals surface area (Å²) in [6.07, 6.45) is 1.60. The molecule has 0 aliphatic heterocycles. The molecule has 0 aliphatic rings. The molecule has 0 radical (unpaired) electrons. The van der Waals surface area contributed by atoms with E-state index in [0.29, 0.717) is 18.9 Å². The maximum Gasteiger partial charge on any atom is 0.309 e. The van der Waals surface area contributed by atoms with E-state index in [2.05, 4.69) is 4.98 Å². The second-order valence-electron chi connectivity index (χ2n) is 4.66. The van der Waals surface area contributed by atoms with Crippen LogP contribution in [0.2, 0.25) is 0 Å². The van der Waals surface area contributed by atoms with Gasteiger partial charge in [-0.2, -0.15) is 0 Å². The summed E-state index contributed by atoms with van der Waals surface area (Å²) in [7, 11) is 0. The first-order valence-electron chi connectivity index (χ1n) is 7.18. The second-order valence-corrected chi connectivity index (χ2v) is 5.61. The van der Waals surface area contributed by atoms with Crippen molar-refractivity contribution in [3.05, 3.63) is 40.3 Å². The number of thiazole rings is 1. The first kappa shape index (κ1) is 16.3. The van der Waals surface area contributed by atoms with Gasteiger partial charge >= 0.3 is 5.97 Å². The number of ether oxygens (including phenoxy) is 2. The fourth-order valence-corrected chi connectivity index (χ4v) is 2.77. The Labute approximate surface area is 133 Å². The lowest BCUT2D eigenvalue weighted by atomic mass is 10.3. The number of carbonyl (C=O) groups is 1. The third-order valence-corrected chi connectivity index (χ3v) is 3.81. The molecule has 2 rings (SSSR count). The highest BCUT2D eigenvalue weighted by molar-refractivity contribution is 7.09. The largest absolute Gasteiger partial charge is 0.494 e. The van der Waals surface area contributed by atoms with Gasteiger partial charge in [0, 0.05) is 17.9 Å². The van der Waals surface area contributed by atoms with Crippen molar-refractivity contribution in [2.24, 2.45) is 0 Å². The lowest BCUT2D eigenvalue weighted by Gasteiger charge is -2.08. The van der Waals surface area contributed by atoms with Gasteiger partial charge in [0.1, 0.15) is 11.5 Å². The third kappa shape index (κ3) is 5.37. The molecule has 0 amide bonds. The minimum absolute atomic E-state index is 0.0166. The lowest BCUT2D eigenvalue weighted by Crippen LogP contribution is -2.02. The van der Waals surface area contributed by atoms with Crippen molar-refractivity contribution in [2.75, 3.05) is 13.2 Å². The molecule has 0 unspecified atom stereocenters. The van der Waals surface area contributed by atoms with Crippen LogP contribution < -0.4 is 9.47 Å².